The van der Waals surface area contributed by atoms with E-state index in [1.165, 1.54) is 19.2 Å². The molecule has 0 saturated carbocycles. The first-order valence-corrected chi connectivity index (χ1v) is 17.8. The van der Waals surface area contributed by atoms with Crippen LogP contribution >= 0.6 is 11.6 Å². The molecule has 2 amide bonds. The molecule has 49 heavy (non-hydrogen) atoms. The lowest BCUT2D eigenvalue weighted by Crippen LogP contribution is -2.48. The highest BCUT2D eigenvalue weighted by Crippen LogP contribution is 2.16. The van der Waals surface area contributed by atoms with Crippen molar-refractivity contribution in [3.8, 4) is 0 Å². The summed E-state index contributed by atoms with van der Waals surface area (Å²) < 4.78 is 42.9. The summed E-state index contributed by atoms with van der Waals surface area (Å²) in [6.45, 7) is 7.88. The van der Waals surface area contributed by atoms with E-state index in [9.17, 15) is 22.8 Å². The number of guanidine groups is 1. The molecule has 0 fully saturated rings. The van der Waals surface area contributed by atoms with Crippen LogP contribution in [0.5, 0.6) is 0 Å². The van der Waals surface area contributed by atoms with Crippen LogP contribution in [0.15, 0.2) is 58.4 Å². The summed E-state index contributed by atoms with van der Waals surface area (Å²) in [5.74, 6) is -0.777. The van der Waals surface area contributed by atoms with Crippen LogP contribution in [0.2, 0.25) is 5.02 Å². The molecule has 6 N–H and O–H groups in total. The molecule has 272 valence electrons. The van der Waals surface area contributed by atoms with E-state index in [0.717, 1.165) is 5.56 Å². The van der Waals surface area contributed by atoms with Gasteiger partial charge >= 0.3 is 18.2 Å². The second-order valence-corrected chi connectivity index (χ2v) is 14.3. The molecule has 0 heterocycles. The van der Waals surface area contributed by atoms with Crippen molar-refractivity contribution >= 4 is 45.7 Å². The van der Waals surface area contributed by atoms with Crippen molar-refractivity contribution in [3.63, 3.8) is 0 Å². The van der Waals surface area contributed by atoms with Crippen molar-refractivity contribution in [1.29, 1.82) is 0 Å². The third-order valence-corrected chi connectivity index (χ3v) is 8.63. The number of hydrogen-bond donors (Lipinski definition) is 5. The van der Waals surface area contributed by atoms with Gasteiger partial charge in [0.1, 0.15) is 18.2 Å². The normalized spacial score (nSPS) is 13.1. The number of unbranched alkanes of at least 4 members (excludes halogenated alkanes) is 1. The van der Waals surface area contributed by atoms with E-state index in [1.54, 1.807) is 57.2 Å². The summed E-state index contributed by atoms with van der Waals surface area (Å²) in [6, 6.07) is 12.2. The lowest BCUT2D eigenvalue weighted by atomic mass is 10.1. The van der Waals surface area contributed by atoms with E-state index < -0.39 is 45.9 Å². The van der Waals surface area contributed by atoms with Crippen LogP contribution in [0.3, 0.4) is 0 Å². The Labute approximate surface area is 293 Å². The van der Waals surface area contributed by atoms with Gasteiger partial charge in [0.05, 0.1) is 12.0 Å². The number of nitrogens with zero attached hydrogens (tertiary/aromatic N) is 1. The zero-order valence-corrected chi connectivity index (χ0v) is 30.3. The summed E-state index contributed by atoms with van der Waals surface area (Å²) in [7, 11) is -2.61. The average Bonchev–Trinajstić information content (AvgIpc) is 3.02. The third-order valence-electron chi connectivity index (χ3n) is 6.89. The van der Waals surface area contributed by atoms with Crippen molar-refractivity contribution in [1.82, 2.24) is 20.7 Å². The number of hydrogen-bond acceptors (Lipinski definition) is 10. The molecule has 0 spiro atoms. The van der Waals surface area contributed by atoms with Gasteiger partial charge in [0.2, 0.25) is 5.96 Å². The minimum absolute atomic E-state index is 0.0486. The lowest BCUT2D eigenvalue weighted by molar-refractivity contribution is -0.143. The SMILES string of the molecule is COC(=O)[C@H](CCCN=C(N)NS(=O)(=O)c1ccc(C)cc1)NC[C@H](CCCCNC(=O)OCc1ccccc1Cl)NC(=O)OC(C)(C)C. The van der Waals surface area contributed by atoms with Crippen molar-refractivity contribution in [2.24, 2.45) is 10.7 Å². The van der Waals surface area contributed by atoms with Crippen LogP contribution in [-0.4, -0.2) is 77.0 Å². The Balaban J connectivity index is 1.88. The Morgan fingerprint density at radius 3 is 2.33 bits per heavy atom. The minimum atomic E-state index is -3.89. The number of amides is 2. The van der Waals surface area contributed by atoms with E-state index >= 15 is 0 Å². The summed E-state index contributed by atoms with van der Waals surface area (Å²) in [6.07, 6.45) is 1.24. The summed E-state index contributed by atoms with van der Waals surface area (Å²) in [5, 5.41) is 9.21. The molecule has 16 heteroatoms. The predicted molar refractivity (Wildman–Crippen MR) is 188 cm³/mol. The number of carbonyl (C=O) groups excluding carboxylic acids is 3. The maximum atomic E-state index is 12.6. The van der Waals surface area contributed by atoms with Gasteiger partial charge < -0.3 is 35.9 Å². The Morgan fingerprint density at radius 2 is 1.67 bits per heavy atom. The fourth-order valence-corrected chi connectivity index (χ4v) is 5.53. The molecule has 0 bridgehead atoms. The number of alkyl carbamates (subject to hydrolysis) is 2. The minimum Gasteiger partial charge on any atom is -0.468 e. The first-order valence-electron chi connectivity index (χ1n) is 15.9. The van der Waals surface area contributed by atoms with Gasteiger partial charge in [-0.2, -0.15) is 0 Å². The second-order valence-electron chi connectivity index (χ2n) is 12.2. The molecule has 0 aromatic heterocycles. The maximum Gasteiger partial charge on any atom is 0.407 e. The molecular formula is C33H49ClN6O8S. The number of nitrogens with two attached hydrogens (primary N) is 1. The molecule has 0 unspecified atom stereocenters. The number of esters is 1. The quantitative estimate of drug-likeness (QED) is 0.0489. The van der Waals surface area contributed by atoms with Crippen molar-refractivity contribution in [2.45, 2.75) is 89.0 Å². The van der Waals surface area contributed by atoms with Crippen molar-refractivity contribution < 1.29 is 37.0 Å². The number of benzene rings is 2. The largest absolute Gasteiger partial charge is 0.468 e. The Bertz CT molecular complexity index is 1500. The molecule has 0 radical (unpaired) electrons. The van der Waals surface area contributed by atoms with Gasteiger partial charge in [0.25, 0.3) is 10.0 Å². The van der Waals surface area contributed by atoms with E-state index in [4.69, 9.17) is 31.5 Å². The summed E-state index contributed by atoms with van der Waals surface area (Å²) in [4.78, 5) is 41.4. The van der Waals surface area contributed by atoms with Crippen molar-refractivity contribution in [2.75, 3.05) is 26.7 Å². The first-order chi connectivity index (χ1) is 23.1. The van der Waals surface area contributed by atoms with Gasteiger partial charge in [-0.05, 0) is 78.0 Å². The third kappa shape index (κ3) is 16.7. The molecule has 2 atom stereocenters. The van der Waals surface area contributed by atoms with Gasteiger partial charge in [-0.1, -0.05) is 47.5 Å². The Kier molecular flexibility index (Phi) is 17.1. The number of aryl methyl sites for hydroxylation is 1. The van der Waals surface area contributed by atoms with Gasteiger partial charge in [0, 0.05) is 36.3 Å². The standard InChI is InChI=1S/C33H49ClN6O8S/c1-23-15-17-26(18-16-23)49(44,45)40-30(35)36-20-10-14-28(29(41)46-5)38-21-25(39-32(43)48-33(2,3)4)12-8-9-19-37-31(42)47-22-24-11-6-7-13-27(24)34/h6-7,11,13,15-18,25,28,38H,8-10,12,14,19-22H2,1-5H3,(H,37,42)(H,39,43)(H3,35,36,40)/t25-,28-/m0/s1. The molecule has 0 saturated heterocycles. The fourth-order valence-electron chi connectivity index (χ4n) is 4.39. The number of rotatable bonds is 18. The molecule has 2 aromatic carbocycles. The molecule has 14 nitrogen and oxygen atoms in total. The van der Waals surface area contributed by atoms with E-state index in [0.29, 0.717) is 49.2 Å². The van der Waals surface area contributed by atoms with Crippen LogP contribution in [0, 0.1) is 6.92 Å². The van der Waals surface area contributed by atoms with E-state index in [1.807, 2.05) is 6.92 Å². The number of nitrogens with one attached hydrogen (secondary N) is 4. The van der Waals surface area contributed by atoms with Crippen LogP contribution in [0.1, 0.15) is 64.0 Å². The number of halogens is 1. The maximum absolute atomic E-state index is 12.6. The predicted octanol–water partition coefficient (Wildman–Crippen LogP) is 4.14. The summed E-state index contributed by atoms with van der Waals surface area (Å²) in [5.41, 5.74) is 6.72. The molecule has 0 aliphatic heterocycles. The molecule has 0 aliphatic rings. The monoisotopic (exact) mass is 724 g/mol. The van der Waals surface area contributed by atoms with Crippen LogP contribution in [-0.2, 0) is 35.6 Å². The molecule has 0 aliphatic carbocycles. The number of aliphatic imine (C=N–C) groups is 1. The van der Waals surface area contributed by atoms with Crippen LogP contribution in [0.4, 0.5) is 9.59 Å². The summed E-state index contributed by atoms with van der Waals surface area (Å²) >= 11 is 6.10. The zero-order chi connectivity index (χ0) is 36.5. The number of methoxy groups -OCH3 is 1. The highest BCUT2D eigenvalue weighted by atomic mass is 35.5. The highest BCUT2D eigenvalue weighted by molar-refractivity contribution is 7.90. The number of ether oxygens (including phenoxy) is 3. The van der Waals surface area contributed by atoms with E-state index in [2.05, 4.69) is 25.7 Å². The van der Waals surface area contributed by atoms with Gasteiger partial charge in [-0.3, -0.25) is 9.79 Å². The zero-order valence-electron chi connectivity index (χ0n) is 28.7. The van der Waals surface area contributed by atoms with E-state index in [-0.39, 0.29) is 30.6 Å². The smallest absolute Gasteiger partial charge is 0.407 e. The second kappa shape index (κ2) is 20.4. The Hall–Kier alpha value is -4.08. The van der Waals surface area contributed by atoms with Crippen LogP contribution < -0.4 is 26.4 Å². The van der Waals surface area contributed by atoms with Gasteiger partial charge in [-0.15, -0.1) is 0 Å². The van der Waals surface area contributed by atoms with Gasteiger partial charge in [-0.25, -0.2) is 22.7 Å². The lowest BCUT2D eigenvalue weighted by Gasteiger charge is -2.25. The van der Waals surface area contributed by atoms with Crippen LogP contribution in [0.25, 0.3) is 0 Å². The highest BCUT2D eigenvalue weighted by Gasteiger charge is 2.23. The number of carbonyl (C=O) groups is 3. The Morgan fingerprint density at radius 1 is 0.980 bits per heavy atom. The molecule has 2 aromatic rings. The topological polar surface area (TPSA) is 200 Å². The van der Waals surface area contributed by atoms with Crippen molar-refractivity contribution in [3.05, 3.63) is 64.7 Å². The average molecular weight is 725 g/mol. The first kappa shape index (κ1) is 41.1. The fraction of sp³-hybridized carbons (Fsp3) is 0.515. The molecular weight excluding hydrogens is 676 g/mol. The molecule has 2 rings (SSSR count). The number of sulfonamides is 1. The van der Waals surface area contributed by atoms with Gasteiger partial charge in [0.15, 0.2) is 0 Å².